The van der Waals surface area contributed by atoms with E-state index in [-0.39, 0.29) is 11.7 Å². The van der Waals surface area contributed by atoms with Gasteiger partial charge in [-0.15, -0.1) is 11.8 Å². The van der Waals surface area contributed by atoms with Gasteiger partial charge in [0, 0.05) is 23.4 Å². The first-order valence-corrected chi connectivity index (χ1v) is 9.18. The van der Waals surface area contributed by atoms with Gasteiger partial charge >= 0.3 is 0 Å². The Balaban J connectivity index is 1.66. The number of hydrogen-bond donors (Lipinski definition) is 1. The van der Waals surface area contributed by atoms with Crippen LogP contribution in [0.4, 0.5) is 5.69 Å². The molecular weight excluding hydrogens is 362 g/mol. The fourth-order valence-electron chi connectivity index (χ4n) is 2.35. The van der Waals surface area contributed by atoms with E-state index < -0.39 is 0 Å². The average molecular weight is 380 g/mol. The average Bonchev–Trinajstić information content (AvgIpc) is 2.85. The third-order valence-corrected chi connectivity index (χ3v) is 4.91. The summed E-state index contributed by atoms with van der Waals surface area (Å²) in [5, 5.41) is 3.24. The SMILES string of the molecule is COc1ccccc1SCC(=O)Nc1cc2c(cc1Cl)OCCCO2. The maximum absolute atomic E-state index is 12.3. The zero-order valence-electron chi connectivity index (χ0n) is 13.7. The molecule has 7 heteroatoms. The van der Waals surface area contributed by atoms with Crippen molar-refractivity contribution in [2.24, 2.45) is 0 Å². The van der Waals surface area contributed by atoms with Crippen LogP contribution in [0.15, 0.2) is 41.3 Å². The highest BCUT2D eigenvalue weighted by atomic mass is 35.5. The second-order valence-electron chi connectivity index (χ2n) is 5.32. The summed E-state index contributed by atoms with van der Waals surface area (Å²) in [5.74, 6) is 2.02. The highest BCUT2D eigenvalue weighted by Gasteiger charge is 2.16. The number of benzene rings is 2. The molecule has 1 amide bonds. The summed E-state index contributed by atoms with van der Waals surface area (Å²) in [5.41, 5.74) is 0.511. The molecule has 0 unspecified atom stereocenters. The molecule has 1 aliphatic heterocycles. The van der Waals surface area contributed by atoms with Gasteiger partial charge < -0.3 is 19.5 Å². The van der Waals surface area contributed by atoms with Crippen LogP contribution in [0.1, 0.15) is 6.42 Å². The fraction of sp³-hybridized carbons (Fsp3) is 0.278. The van der Waals surface area contributed by atoms with Gasteiger partial charge in [0.2, 0.25) is 5.91 Å². The van der Waals surface area contributed by atoms with Crippen molar-refractivity contribution in [1.29, 1.82) is 0 Å². The van der Waals surface area contributed by atoms with E-state index in [0.717, 1.165) is 17.1 Å². The molecule has 132 valence electrons. The Hall–Kier alpha value is -2.05. The Morgan fingerprint density at radius 3 is 2.72 bits per heavy atom. The molecule has 2 aromatic carbocycles. The highest BCUT2D eigenvalue weighted by molar-refractivity contribution is 8.00. The van der Waals surface area contributed by atoms with Gasteiger partial charge in [-0.2, -0.15) is 0 Å². The summed E-state index contributed by atoms with van der Waals surface area (Å²) in [6.45, 7) is 1.16. The Morgan fingerprint density at radius 1 is 1.24 bits per heavy atom. The quantitative estimate of drug-likeness (QED) is 0.787. The van der Waals surface area contributed by atoms with E-state index in [0.29, 0.717) is 35.4 Å². The molecule has 25 heavy (non-hydrogen) atoms. The second kappa shape index (κ2) is 8.36. The number of methoxy groups -OCH3 is 1. The predicted octanol–water partition coefficient (Wildman–Crippen LogP) is 4.24. The summed E-state index contributed by atoms with van der Waals surface area (Å²) in [7, 11) is 1.61. The van der Waals surface area contributed by atoms with Crippen molar-refractivity contribution in [2.45, 2.75) is 11.3 Å². The molecule has 0 saturated carbocycles. The standard InChI is InChI=1S/C18H18ClNO4S/c1-22-14-5-2-3-6-17(14)25-11-18(21)20-13-10-16-15(9-12(13)19)23-7-4-8-24-16/h2-3,5-6,9-10H,4,7-8,11H2,1H3,(H,20,21). The molecular formula is C18H18ClNO4S. The van der Waals surface area contributed by atoms with Crippen LogP contribution < -0.4 is 19.5 Å². The predicted molar refractivity (Wildman–Crippen MR) is 99.4 cm³/mol. The van der Waals surface area contributed by atoms with Gasteiger partial charge in [-0.05, 0) is 12.1 Å². The Morgan fingerprint density at radius 2 is 1.96 bits per heavy atom. The normalized spacial score (nSPS) is 13.0. The first-order chi connectivity index (χ1) is 12.2. The van der Waals surface area contributed by atoms with Crippen LogP contribution in [0, 0.1) is 0 Å². The van der Waals surface area contributed by atoms with Crippen molar-refractivity contribution in [2.75, 3.05) is 31.4 Å². The number of ether oxygens (including phenoxy) is 3. The molecule has 0 fully saturated rings. The smallest absolute Gasteiger partial charge is 0.234 e. The van der Waals surface area contributed by atoms with Gasteiger partial charge in [-0.1, -0.05) is 23.7 Å². The van der Waals surface area contributed by atoms with E-state index in [9.17, 15) is 4.79 Å². The van der Waals surface area contributed by atoms with Crippen LogP contribution in [0.25, 0.3) is 0 Å². The lowest BCUT2D eigenvalue weighted by molar-refractivity contribution is -0.113. The number of rotatable bonds is 5. The largest absolute Gasteiger partial charge is 0.496 e. The molecule has 1 N–H and O–H groups in total. The van der Waals surface area contributed by atoms with E-state index in [4.69, 9.17) is 25.8 Å². The minimum atomic E-state index is -0.160. The molecule has 0 radical (unpaired) electrons. The van der Waals surface area contributed by atoms with Crippen molar-refractivity contribution in [1.82, 2.24) is 0 Å². The number of para-hydroxylation sites is 1. The minimum absolute atomic E-state index is 0.160. The Bertz CT molecular complexity index is 769. The lowest BCUT2D eigenvalue weighted by Crippen LogP contribution is -2.14. The molecule has 2 aromatic rings. The van der Waals surface area contributed by atoms with Crippen molar-refractivity contribution in [3.8, 4) is 17.2 Å². The molecule has 0 spiro atoms. The van der Waals surface area contributed by atoms with Crippen molar-refractivity contribution in [3.05, 3.63) is 41.4 Å². The van der Waals surface area contributed by atoms with Gasteiger partial charge in [0.1, 0.15) is 5.75 Å². The zero-order valence-corrected chi connectivity index (χ0v) is 15.3. The number of hydrogen-bond acceptors (Lipinski definition) is 5. The molecule has 1 heterocycles. The monoisotopic (exact) mass is 379 g/mol. The minimum Gasteiger partial charge on any atom is -0.496 e. The van der Waals surface area contributed by atoms with E-state index in [1.165, 1.54) is 11.8 Å². The van der Waals surface area contributed by atoms with Crippen LogP contribution in [0.2, 0.25) is 5.02 Å². The number of carbonyl (C=O) groups excluding carboxylic acids is 1. The van der Waals surface area contributed by atoms with E-state index in [2.05, 4.69) is 5.32 Å². The Kier molecular flexibility index (Phi) is 5.94. The number of halogens is 1. The number of amides is 1. The molecule has 5 nitrogen and oxygen atoms in total. The van der Waals surface area contributed by atoms with Gasteiger partial charge in [-0.25, -0.2) is 0 Å². The maximum Gasteiger partial charge on any atom is 0.234 e. The number of fused-ring (bicyclic) bond motifs is 1. The highest BCUT2D eigenvalue weighted by Crippen LogP contribution is 2.38. The van der Waals surface area contributed by atoms with Crippen LogP contribution in [-0.4, -0.2) is 32.0 Å². The van der Waals surface area contributed by atoms with Crippen LogP contribution in [0.5, 0.6) is 17.2 Å². The summed E-state index contributed by atoms with van der Waals surface area (Å²) >= 11 is 7.65. The van der Waals surface area contributed by atoms with Crippen molar-refractivity contribution in [3.63, 3.8) is 0 Å². The lowest BCUT2D eigenvalue weighted by atomic mass is 10.2. The molecule has 0 aliphatic carbocycles. The first-order valence-electron chi connectivity index (χ1n) is 7.82. The van der Waals surface area contributed by atoms with Crippen LogP contribution in [0.3, 0.4) is 0 Å². The third-order valence-electron chi connectivity index (χ3n) is 3.54. The van der Waals surface area contributed by atoms with Gasteiger partial charge in [0.15, 0.2) is 11.5 Å². The maximum atomic E-state index is 12.3. The molecule has 0 saturated heterocycles. The van der Waals surface area contributed by atoms with E-state index >= 15 is 0 Å². The Labute approximate surface area is 155 Å². The third kappa shape index (κ3) is 4.52. The van der Waals surface area contributed by atoms with Gasteiger partial charge in [-0.3, -0.25) is 4.79 Å². The van der Waals surface area contributed by atoms with Crippen molar-refractivity contribution < 1.29 is 19.0 Å². The zero-order chi connectivity index (χ0) is 17.6. The summed E-state index contributed by atoms with van der Waals surface area (Å²) in [6, 6.07) is 10.9. The van der Waals surface area contributed by atoms with E-state index in [1.807, 2.05) is 24.3 Å². The molecule has 3 rings (SSSR count). The number of nitrogens with one attached hydrogen (secondary N) is 1. The van der Waals surface area contributed by atoms with E-state index in [1.54, 1.807) is 19.2 Å². The first kappa shape index (κ1) is 17.8. The molecule has 0 aromatic heterocycles. The van der Waals surface area contributed by atoms with Gasteiger partial charge in [0.05, 0.1) is 36.8 Å². The summed E-state index contributed by atoms with van der Waals surface area (Å²) in [4.78, 5) is 13.2. The summed E-state index contributed by atoms with van der Waals surface area (Å²) < 4.78 is 16.5. The van der Waals surface area contributed by atoms with Crippen molar-refractivity contribution >= 4 is 35.0 Å². The molecule has 0 atom stereocenters. The topological polar surface area (TPSA) is 56.8 Å². The second-order valence-corrected chi connectivity index (χ2v) is 6.74. The molecule has 1 aliphatic rings. The number of carbonyl (C=O) groups is 1. The summed E-state index contributed by atoms with van der Waals surface area (Å²) in [6.07, 6.45) is 0.809. The van der Waals surface area contributed by atoms with Gasteiger partial charge in [0.25, 0.3) is 0 Å². The van der Waals surface area contributed by atoms with Crippen LogP contribution in [-0.2, 0) is 4.79 Å². The van der Waals surface area contributed by atoms with Crippen LogP contribution >= 0.6 is 23.4 Å². The lowest BCUT2D eigenvalue weighted by Gasteiger charge is -2.13. The fourth-order valence-corrected chi connectivity index (χ4v) is 3.38. The number of thioether (sulfide) groups is 1. The number of anilines is 1. The molecule has 0 bridgehead atoms.